The van der Waals surface area contributed by atoms with Gasteiger partial charge in [0.1, 0.15) is 11.8 Å². The van der Waals surface area contributed by atoms with Crippen LogP contribution in [0.25, 0.3) is 0 Å². The Kier molecular flexibility index (Phi) is 10.4. The SMILES string of the molecule is CCCNC(=O)[C@@H](C)N(Cc1ccc(OC)cc1)C(=O)CCCN(c1ccccc1)S(C)(=O)=O. The van der Waals surface area contributed by atoms with E-state index in [0.717, 1.165) is 18.2 Å². The van der Waals surface area contributed by atoms with Gasteiger partial charge < -0.3 is 15.0 Å². The average molecular weight is 490 g/mol. The molecular formula is C25H35N3O5S. The fourth-order valence-corrected chi connectivity index (χ4v) is 4.47. The number of benzene rings is 2. The van der Waals surface area contributed by atoms with Crippen molar-refractivity contribution in [3.63, 3.8) is 0 Å². The van der Waals surface area contributed by atoms with E-state index < -0.39 is 16.1 Å². The van der Waals surface area contributed by atoms with Crippen molar-refractivity contribution < 1.29 is 22.7 Å². The van der Waals surface area contributed by atoms with Gasteiger partial charge in [0.2, 0.25) is 21.8 Å². The van der Waals surface area contributed by atoms with Crippen LogP contribution in [-0.4, -0.2) is 57.6 Å². The Morgan fingerprint density at radius 3 is 2.26 bits per heavy atom. The minimum absolute atomic E-state index is 0.112. The van der Waals surface area contributed by atoms with Crippen LogP contribution >= 0.6 is 0 Å². The Morgan fingerprint density at radius 1 is 1.06 bits per heavy atom. The molecule has 9 heteroatoms. The summed E-state index contributed by atoms with van der Waals surface area (Å²) in [4.78, 5) is 27.4. The normalized spacial score (nSPS) is 12.0. The zero-order valence-corrected chi connectivity index (χ0v) is 21.2. The summed E-state index contributed by atoms with van der Waals surface area (Å²) >= 11 is 0. The van der Waals surface area contributed by atoms with E-state index in [1.807, 2.05) is 37.3 Å². The van der Waals surface area contributed by atoms with Crippen LogP contribution in [0.2, 0.25) is 0 Å². The van der Waals surface area contributed by atoms with Crippen LogP contribution in [-0.2, 0) is 26.2 Å². The van der Waals surface area contributed by atoms with Crippen molar-refractivity contribution in [3.05, 3.63) is 60.2 Å². The summed E-state index contributed by atoms with van der Waals surface area (Å²) in [7, 11) is -1.92. The largest absolute Gasteiger partial charge is 0.497 e. The molecule has 0 aromatic heterocycles. The fraction of sp³-hybridized carbons (Fsp3) is 0.440. The molecule has 1 atom stereocenters. The molecule has 0 heterocycles. The molecule has 8 nitrogen and oxygen atoms in total. The molecule has 2 rings (SSSR count). The smallest absolute Gasteiger partial charge is 0.242 e. The number of carbonyl (C=O) groups excluding carboxylic acids is 2. The van der Waals surface area contributed by atoms with E-state index in [0.29, 0.717) is 24.4 Å². The van der Waals surface area contributed by atoms with Crippen molar-refractivity contribution >= 4 is 27.5 Å². The molecule has 0 aliphatic heterocycles. The summed E-state index contributed by atoms with van der Waals surface area (Å²) in [6, 6.07) is 15.5. The van der Waals surface area contributed by atoms with Gasteiger partial charge in [-0.05, 0) is 49.6 Å². The Bertz CT molecular complexity index is 1030. The number of ether oxygens (including phenoxy) is 1. The molecule has 0 spiro atoms. The molecule has 0 unspecified atom stereocenters. The van der Waals surface area contributed by atoms with Crippen molar-refractivity contribution in [1.29, 1.82) is 0 Å². The third kappa shape index (κ3) is 8.06. The number of anilines is 1. The number of methoxy groups -OCH3 is 1. The number of nitrogens with zero attached hydrogens (tertiary/aromatic N) is 2. The number of amides is 2. The molecule has 1 N–H and O–H groups in total. The predicted octanol–water partition coefficient (Wildman–Crippen LogP) is 3.18. The van der Waals surface area contributed by atoms with Gasteiger partial charge in [0.15, 0.2) is 0 Å². The maximum atomic E-state index is 13.2. The molecule has 34 heavy (non-hydrogen) atoms. The summed E-state index contributed by atoms with van der Waals surface area (Å²) in [5.41, 5.74) is 1.42. The van der Waals surface area contributed by atoms with Gasteiger partial charge in [-0.25, -0.2) is 8.42 Å². The van der Waals surface area contributed by atoms with Crippen LogP contribution in [0.1, 0.15) is 38.7 Å². The summed E-state index contributed by atoms with van der Waals surface area (Å²) < 4.78 is 31.1. The highest BCUT2D eigenvalue weighted by molar-refractivity contribution is 7.92. The van der Waals surface area contributed by atoms with Gasteiger partial charge in [-0.3, -0.25) is 13.9 Å². The maximum Gasteiger partial charge on any atom is 0.242 e. The van der Waals surface area contributed by atoms with E-state index in [4.69, 9.17) is 4.74 Å². The van der Waals surface area contributed by atoms with Crippen molar-refractivity contribution in [2.45, 2.75) is 45.7 Å². The topological polar surface area (TPSA) is 96.0 Å². The van der Waals surface area contributed by atoms with Crippen LogP contribution in [0.3, 0.4) is 0 Å². The minimum Gasteiger partial charge on any atom is -0.497 e. The Balaban J connectivity index is 2.13. The number of hydrogen-bond donors (Lipinski definition) is 1. The van der Waals surface area contributed by atoms with Crippen molar-refractivity contribution in [3.8, 4) is 5.75 Å². The van der Waals surface area contributed by atoms with E-state index >= 15 is 0 Å². The summed E-state index contributed by atoms with van der Waals surface area (Å²) in [5.74, 6) is 0.277. The first-order chi connectivity index (χ1) is 16.2. The number of hydrogen-bond acceptors (Lipinski definition) is 5. The first kappa shape index (κ1) is 27.2. The van der Waals surface area contributed by atoms with Gasteiger partial charge >= 0.3 is 0 Å². The van der Waals surface area contributed by atoms with Crippen molar-refractivity contribution in [1.82, 2.24) is 10.2 Å². The Labute approximate surface area is 202 Å². The van der Waals surface area contributed by atoms with Gasteiger partial charge in [0.05, 0.1) is 19.1 Å². The Hall–Kier alpha value is -3.07. The highest BCUT2D eigenvalue weighted by Gasteiger charge is 2.26. The molecule has 0 bridgehead atoms. The first-order valence-corrected chi connectivity index (χ1v) is 13.2. The molecule has 0 radical (unpaired) electrons. The second-order valence-corrected chi connectivity index (χ2v) is 10.0. The van der Waals surface area contributed by atoms with Gasteiger partial charge in [0.25, 0.3) is 0 Å². The minimum atomic E-state index is -3.50. The third-order valence-corrected chi connectivity index (χ3v) is 6.62. The lowest BCUT2D eigenvalue weighted by atomic mass is 10.1. The van der Waals surface area contributed by atoms with Crippen LogP contribution in [0.4, 0.5) is 5.69 Å². The summed E-state index contributed by atoms with van der Waals surface area (Å²) in [6.07, 6.45) is 2.38. The standard InChI is InChI=1S/C25H35N3O5S/c1-5-17-26-25(30)20(2)27(19-21-13-15-23(33-3)16-14-21)24(29)12-9-18-28(34(4,31)32)22-10-7-6-8-11-22/h6-8,10-11,13-16,20H,5,9,12,17-19H2,1-4H3,(H,26,30)/t20-/m1/s1. The monoisotopic (exact) mass is 489 g/mol. The number of carbonyl (C=O) groups is 2. The van der Waals surface area contributed by atoms with Crippen LogP contribution in [0.15, 0.2) is 54.6 Å². The molecule has 2 aromatic rings. The number of nitrogens with one attached hydrogen (secondary N) is 1. The van der Waals surface area contributed by atoms with Crippen LogP contribution in [0, 0.1) is 0 Å². The van der Waals surface area contributed by atoms with Crippen LogP contribution < -0.4 is 14.4 Å². The van der Waals surface area contributed by atoms with E-state index in [9.17, 15) is 18.0 Å². The maximum absolute atomic E-state index is 13.2. The molecular weight excluding hydrogens is 454 g/mol. The average Bonchev–Trinajstić information content (AvgIpc) is 2.83. The lowest BCUT2D eigenvalue weighted by Crippen LogP contribution is -2.47. The molecule has 2 amide bonds. The number of sulfonamides is 1. The van der Waals surface area contributed by atoms with E-state index in [1.54, 1.807) is 43.2 Å². The first-order valence-electron chi connectivity index (χ1n) is 11.4. The molecule has 0 aliphatic rings. The van der Waals surface area contributed by atoms with Gasteiger partial charge in [-0.2, -0.15) is 0 Å². The molecule has 0 saturated heterocycles. The highest BCUT2D eigenvalue weighted by Crippen LogP contribution is 2.19. The molecule has 186 valence electrons. The molecule has 2 aromatic carbocycles. The summed E-state index contributed by atoms with van der Waals surface area (Å²) in [6.45, 7) is 4.64. The van der Waals surface area contributed by atoms with E-state index in [2.05, 4.69) is 5.32 Å². The summed E-state index contributed by atoms with van der Waals surface area (Å²) in [5, 5.41) is 2.85. The predicted molar refractivity (Wildman–Crippen MR) is 134 cm³/mol. The lowest BCUT2D eigenvalue weighted by Gasteiger charge is -2.29. The zero-order chi connectivity index (χ0) is 25.1. The number of para-hydroxylation sites is 1. The zero-order valence-electron chi connectivity index (χ0n) is 20.4. The Morgan fingerprint density at radius 2 is 1.71 bits per heavy atom. The number of rotatable bonds is 13. The van der Waals surface area contributed by atoms with E-state index in [-0.39, 0.29) is 31.3 Å². The van der Waals surface area contributed by atoms with Crippen LogP contribution in [0.5, 0.6) is 5.75 Å². The third-order valence-electron chi connectivity index (χ3n) is 5.42. The van der Waals surface area contributed by atoms with Crippen molar-refractivity contribution in [2.24, 2.45) is 0 Å². The second kappa shape index (κ2) is 13.0. The molecule has 0 saturated carbocycles. The molecule has 0 aliphatic carbocycles. The molecule has 0 fully saturated rings. The quantitative estimate of drug-likeness (QED) is 0.466. The van der Waals surface area contributed by atoms with Gasteiger partial charge in [-0.1, -0.05) is 37.3 Å². The van der Waals surface area contributed by atoms with Crippen molar-refractivity contribution in [2.75, 3.05) is 30.8 Å². The fourth-order valence-electron chi connectivity index (χ4n) is 3.50. The second-order valence-electron chi connectivity index (χ2n) is 8.11. The van der Waals surface area contributed by atoms with E-state index in [1.165, 1.54) is 4.31 Å². The van der Waals surface area contributed by atoms with Gasteiger partial charge in [0, 0.05) is 26.1 Å². The lowest BCUT2D eigenvalue weighted by molar-refractivity contribution is -0.140. The van der Waals surface area contributed by atoms with Gasteiger partial charge in [-0.15, -0.1) is 0 Å². The highest BCUT2D eigenvalue weighted by atomic mass is 32.2.